The summed E-state index contributed by atoms with van der Waals surface area (Å²) in [6.45, 7) is 7.61. The maximum absolute atomic E-state index is 13.6. The zero-order valence-corrected chi connectivity index (χ0v) is 21.3. The van der Waals surface area contributed by atoms with E-state index < -0.39 is 17.3 Å². The van der Waals surface area contributed by atoms with E-state index in [0.29, 0.717) is 6.54 Å². The Hall–Kier alpha value is -3.39. The summed E-state index contributed by atoms with van der Waals surface area (Å²) in [6, 6.07) is 19.6. The molecule has 0 bridgehead atoms. The fraction of sp³-hybridized carbons (Fsp3) is 0.333. The monoisotopic (exact) mass is 493 g/mol. The molecule has 0 saturated carbocycles. The highest BCUT2D eigenvalue weighted by Gasteiger charge is 2.41. The molecule has 1 aromatic heterocycles. The van der Waals surface area contributed by atoms with Gasteiger partial charge in [-0.25, -0.2) is 0 Å². The van der Waals surface area contributed by atoms with Crippen LogP contribution in [0.1, 0.15) is 61.3 Å². The number of benzene rings is 2. The Morgan fingerprint density at radius 3 is 1.97 bits per heavy atom. The summed E-state index contributed by atoms with van der Waals surface area (Å²) < 4.78 is 7.06. The van der Waals surface area contributed by atoms with E-state index in [2.05, 4.69) is 29.4 Å². The van der Waals surface area contributed by atoms with Crippen LogP contribution in [0.2, 0.25) is 0 Å². The topological polar surface area (TPSA) is 81.5 Å². The molecule has 7 nitrogen and oxygen atoms in total. The molecule has 0 spiro atoms. The minimum atomic E-state index is -0.589. The Balaban J connectivity index is 0.00000342. The van der Waals surface area contributed by atoms with Crippen molar-refractivity contribution in [2.45, 2.75) is 45.7 Å². The maximum Gasteiger partial charge on any atom is 0.313 e. The Labute approximate surface area is 212 Å². The first-order valence-corrected chi connectivity index (χ1v) is 11.5. The lowest BCUT2D eigenvalue weighted by Gasteiger charge is -2.41. The zero-order chi connectivity index (χ0) is 24.4. The quantitative estimate of drug-likeness (QED) is 0.482. The van der Waals surface area contributed by atoms with Crippen LogP contribution in [0.25, 0.3) is 0 Å². The van der Waals surface area contributed by atoms with Crippen molar-refractivity contribution in [2.24, 2.45) is 5.92 Å². The molecule has 1 aliphatic heterocycles. The first-order chi connectivity index (χ1) is 16.3. The van der Waals surface area contributed by atoms with Crippen LogP contribution < -0.4 is 10.2 Å². The molecule has 0 unspecified atom stereocenters. The van der Waals surface area contributed by atoms with Gasteiger partial charge in [0.2, 0.25) is 11.2 Å². The molecule has 184 valence electrons. The van der Waals surface area contributed by atoms with Crippen LogP contribution in [0.5, 0.6) is 5.75 Å². The number of esters is 1. The maximum atomic E-state index is 13.6. The van der Waals surface area contributed by atoms with Gasteiger partial charge in [0.15, 0.2) is 5.69 Å². The molecule has 0 fully saturated rings. The lowest BCUT2D eigenvalue weighted by Crippen LogP contribution is -2.50. The van der Waals surface area contributed by atoms with Crippen molar-refractivity contribution in [2.75, 3.05) is 6.54 Å². The van der Waals surface area contributed by atoms with Gasteiger partial charge in [0.1, 0.15) is 0 Å². The van der Waals surface area contributed by atoms with Crippen LogP contribution >= 0.6 is 13.5 Å². The molecule has 3 aromatic rings. The SMILES string of the molecule is CC(C)C(=O)Oc1c2n(ncc1=O)[C@@H](C(c1ccccc1)c1ccccc1)CN(C(C)C)C2=O.S. The van der Waals surface area contributed by atoms with E-state index in [1.54, 1.807) is 23.4 Å². The minimum absolute atomic E-state index is 0. The Bertz CT molecular complexity index is 1200. The number of carbonyl (C=O) groups excluding carboxylic acids is 2. The van der Waals surface area contributed by atoms with E-state index >= 15 is 0 Å². The molecular weight excluding hydrogens is 462 g/mol. The number of amides is 1. The summed E-state index contributed by atoms with van der Waals surface area (Å²) in [5, 5.41) is 4.39. The molecule has 1 atom stereocenters. The minimum Gasteiger partial charge on any atom is -0.420 e. The second-order valence-corrected chi connectivity index (χ2v) is 9.12. The highest BCUT2D eigenvalue weighted by atomic mass is 32.1. The zero-order valence-electron chi connectivity index (χ0n) is 20.3. The average Bonchev–Trinajstić information content (AvgIpc) is 2.83. The van der Waals surface area contributed by atoms with Gasteiger partial charge in [-0.3, -0.25) is 19.1 Å². The number of nitrogens with zero attached hydrogens (tertiary/aromatic N) is 3. The summed E-state index contributed by atoms with van der Waals surface area (Å²) in [5.74, 6) is -1.80. The van der Waals surface area contributed by atoms with Gasteiger partial charge in [-0.2, -0.15) is 18.6 Å². The van der Waals surface area contributed by atoms with Crippen molar-refractivity contribution < 1.29 is 14.3 Å². The number of hydrogen-bond acceptors (Lipinski definition) is 5. The summed E-state index contributed by atoms with van der Waals surface area (Å²) >= 11 is 0. The Kier molecular flexibility index (Phi) is 8.17. The first kappa shape index (κ1) is 26.2. The lowest BCUT2D eigenvalue weighted by molar-refractivity contribution is -0.137. The predicted octanol–water partition coefficient (Wildman–Crippen LogP) is 4.15. The largest absolute Gasteiger partial charge is 0.420 e. The number of fused-ring (bicyclic) bond motifs is 1. The van der Waals surface area contributed by atoms with Crippen molar-refractivity contribution in [3.05, 3.63) is 93.9 Å². The Morgan fingerprint density at radius 2 is 1.49 bits per heavy atom. The van der Waals surface area contributed by atoms with Crippen LogP contribution in [0.4, 0.5) is 0 Å². The van der Waals surface area contributed by atoms with E-state index in [1.807, 2.05) is 50.2 Å². The molecule has 1 aliphatic rings. The fourth-order valence-corrected chi connectivity index (χ4v) is 4.36. The number of ether oxygens (including phenoxy) is 1. The predicted molar refractivity (Wildman–Crippen MR) is 139 cm³/mol. The summed E-state index contributed by atoms with van der Waals surface area (Å²) in [5.41, 5.74) is 1.55. The van der Waals surface area contributed by atoms with Gasteiger partial charge in [0, 0.05) is 18.5 Å². The highest BCUT2D eigenvalue weighted by Crippen LogP contribution is 2.39. The van der Waals surface area contributed by atoms with E-state index in [1.165, 1.54) is 0 Å². The lowest BCUT2D eigenvalue weighted by atomic mass is 9.83. The summed E-state index contributed by atoms with van der Waals surface area (Å²) in [6.07, 6.45) is 1.13. The van der Waals surface area contributed by atoms with Crippen molar-refractivity contribution in [3.63, 3.8) is 0 Å². The van der Waals surface area contributed by atoms with Crippen molar-refractivity contribution in [3.8, 4) is 5.75 Å². The second kappa shape index (κ2) is 10.9. The second-order valence-electron chi connectivity index (χ2n) is 9.12. The third-order valence-corrected chi connectivity index (χ3v) is 6.13. The molecule has 0 radical (unpaired) electrons. The van der Waals surface area contributed by atoms with Crippen LogP contribution in [0.15, 0.2) is 71.7 Å². The van der Waals surface area contributed by atoms with Gasteiger partial charge >= 0.3 is 5.97 Å². The van der Waals surface area contributed by atoms with Crippen LogP contribution in [0.3, 0.4) is 0 Å². The average molecular weight is 494 g/mol. The van der Waals surface area contributed by atoms with E-state index in [0.717, 1.165) is 17.3 Å². The van der Waals surface area contributed by atoms with Crippen LogP contribution in [-0.4, -0.2) is 39.1 Å². The van der Waals surface area contributed by atoms with Gasteiger partial charge in [0.25, 0.3) is 5.91 Å². The molecule has 0 N–H and O–H groups in total. The van der Waals surface area contributed by atoms with E-state index in [9.17, 15) is 14.4 Å². The molecule has 1 amide bonds. The standard InChI is InChI=1S/C27H29N3O4.H2S/c1-17(2)27(33)34-25-22(31)15-28-30-21(16-29(18(3)4)26(32)24(25)30)23(19-11-7-5-8-12-19)20-13-9-6-10-14-20;/h5-15,17-18,21,23H,16H2,1-4H3;1H2/t21-;/m1./s1. The highest BCUT2D eigenvalue weighted by molar-refractivity contribution is 7.59. The number of hydrogen-bond donors (Lipinski definition) is 0. The molecular formula is C27H31N3O4S. The molecule has 2 aromatic carbocycles. The van der Waals surface area contributed by atoms with Crippen LogP contribution in [-0.2, 0) is 4.79 Å². The van der Waals surface area contributed by atoms with E-state index in [-0.39, 0.29) is 48.8 Å². The van der Waals surface area contributed by atoms with Crippen molar-refractivity contribution in [1.82, 2.24) is 14.7 Å². The molecule has 2 heterocycles. The van der Waals surface area contributed by atoms with Gasteiger partial charge in [-0.15, -0.1) is 0 Å². The molecule has 0 saturated heterocycles. The van der Waals surface area contributed by atoms with Crippen LogP contribution in [0, 0.1) is 5.92 Å². The number of rotatable bonds is 6. The normalized spacial score (nSPS) is 15.2. The van der Waals surface area contributed by atoms with Crippen molar-refractivity contribution in [1.29, 1.82) is 0 Å². The fourth-order valence-electron chi connectivity index (χ4n) is 4.36. The summed E-state index contributed by atoms with van der Waals surface area (Å²) in [4.78, 5) is 40.5. The third kappa shape index (κ3) is 5.17. The number of carbonyl (C=O) groups is 2. The van der Waals surface area contributed by atoms with Gasteiger partial charge < -0.3 is 9.64 Å². The van der Waals surface area contributed by atoms with Gasteiger partial charge in [-0.1, -0.05) is 74.5 Å². The smallest absolute Gasteiger partial charge is 0.313 e. The third-order valence-electron chi connectivity index (χ3n) is 6.13. The van der Waals surface area contributed by atoms with Gasteiger partial charge in [-0.05, 0) is 25.0 Å². The summed E-state index contributed by atoms with van der Waals surface area (Å²) in [7, 11) is 0. The molecule has 8 heteroatoms. The molecule has 4 rings (SSSR count). The van der Waals surface area contributed by atoms with E-state index in [4.69, 9.17) is 4.74 Å². The van der Waals surface area contributed by atoms with Crippen molar-refractivity contribution >= 4 is 25.4 Å². The Morgan fingerprint density at radius 1 is 0.943 bits per heavy atom. The molecule has 35 heavy (non-hydrogen) atoms. The number of aromatic nitrogens is 2. The first-order valence-electron chi connectivity index (χ1n) is 11.5. The van der Waals surface area contributed by atoms with Gasteiger partial charge in [0.05, 0.1) is 18.2 Å². The molecule has 0 aliphatic carbocycles.